The molecule has 1 atom stereocenters. The van der Waals surface area contributed by atoms with Crippen LogP contribution in [0.5, 0.6) is 0 Å². The second-order valence-corrected chi connectivity index (χ2v) is 7.49. The van der Waals surface area contributed by atoms with Gasteiger partial charge in [0.25, 0.3) is 0 Å². The molecule has 4 heteroatoms. The van der Waals surface area contributed by atoms with Crippen LogP contribution in [0.4, 0.5) is 0 Å². The van der Waals surface area contributed by atoms with Gasteiger partial charge >= 0.3 is 0 Å². The van der Waals surface area contributed by atoms with Crippen LogP contribution in [-0.2, 0) is 0 Å². The third-order valence-electron chi connectivity index (χ3n) is 3.23. The van der Waals surface area contributed by atoms with Crippen LogP contribution in [0, 0.1) is 5.41 Å². The van der Waals surface area contributed by atoms with Gasteiger partial charge in [-0.3, -0.25) is 0 Å². The van der Waals surface area contributed by atoms with Gasteiger partial charge in [-0.25, -0.2) is 0 Å². The molecular weight excluding hydrogens is 321 g/mol. The zero-order chi connectivity index (χ0) is 14.8. The molecule has 2 rings (SSSR count). The standard InChI is InChI=1S/C17H20ClNS.ClH/c1-17(2,3)16(19)14-6-4-5-7-15(14)20-13-10-8-12(18)9-11-13;/h4-11,16H,19H2,1-3H3;1H/t16-;/m0./s1. The third kappa shape index (κ3) is 4.93. The van der Waals surface area contributed by atoms with E-state index in [0.29, 0.717) is 0 Å². The van der Waals surface area contributed by atoms with E-state index in [-0.39, 0.29) is 23.9 Å². The first-order valence-corrected chi connectivity index (χ1v) is 7.85. The lowest BCUT2D eigenvalue weighted by molar-refractivity contribution is 0.324. The number of rotatable bonds is 3. The summed E-state index contributed by atoms with van der Waals surface area (Å²) in [6, 6.07) is 16.3. The van der Waals surface area contributed by atoms with Gasteiger partial charge in [0.1, 0.15) is 0 Å². The maximum atomic E-state index is 6.42. The van der Waals surface area contributed by atoms with E-state index in [1.54, 1.807) is 11.8 Å². The van der Waals surface area contributed by atoms with Gasteiger partial charge in [0.05, 0.1) is 0 Å². The van der Waals surface area contributed by atoms with Crippen LogP contribution >= 0.6 is 35.8 Å². The van der Waals surface area contributed by atoms with E-state index < -0.39 is 0 Å². The molecule has 0 saturated carbocycles. The zero-order valence-corrected chi connectivity index (χ0v) is 14.9. The molecule has 21 heavy (non-hydrogen) atoms. The molecule has 0 unspecified atom stereocenters. The van der Waals surface area contributed by atoms with Crippen molar-refractivity contribution in [3.05, 3.63) is 59.1 Å². The van der Waals surface area contributed by atoms with Crippen molar-refractivity contribution in [1.82, 2.24) is 0 Å². The number of benzene rings is 2. The minimum atomic E-state index is 0. The molecule has 0 heterocycles. The lowest BCUT2D eigenvalue weighted by Crippen LogP contribution is -2.26. The molecule has 1 nitrogen and oxygen atoms in total. The van der Waals surface area contributed by atoms with Crippen LogP contribution in [0.15, 0.2) is 58.3 Å². The largest absolute Gasteiger partial charge is 0.323 e. The molecule has 0 aliphatic carbocycles. The van der Waals surface area contributed by atoms with Crippen molar-refractivity contribution >= 4 is 35.8 Å². The summed E-state index contributed by atoms with van der Waals surface area (Å²) in [7, 11) is 0. The van der Waals surface area contributed by atoms with Gasteiger partial charge in [-0.2, -0.15) is 0 Å². The Morgan fingerprint density at radius 2 is 1.57 bits per heavy atom. The molecule has 0 bridgehead atoms. The van der Waals surface area contributed by atoms with Crippen molar-refractivity contribution < 1.29 is 0 Å². The Kier molecular flexibility index (Phi) is 6.61. The molecule has 2 N–H and O–H groups in total. The lowest BCUT2D eigenvalue weighted by atomic mass is 9.83. The number of hydrogen-bond acceptors (Lipinski definition) is 2. The number of hydrogen-bond donors (Lipinski definition) is 1. The Morgan fingerprint density at radius 3 is 2.14 bits per heavy atom. The summed E-state index contributed by atoms with van der Waals surface area (Å²) in [4.78, 5) is 2.38. The summed E-state index contributed by atoms with van der Waals surface area (Å²) in [6.45, 7) is 6.50. The maximum Gasteiger partial charge on any atom is 0.0406 e. The fraction of sp³-hybridized carbons (Fsp3) is 0.294. The van der Waals surface area contributed by atoms with Crippen molar-refractivity contribution in [1.29, 1.82) is 0 Å². The highest BCUT2D eigenvalue weighted by Gasteiger charge is 2.24. The SMILES string of the molecule is CC(C)(C)[C@@H](N)c1ccccc1Sc1ccc(Cl)cc1.Cl. The van der Waals surface area contributed by atoms with Crippen LogP contribution in [0.25, 0.3) is 0 Å². The topological polar surface area (TPSA) is 26.0 Å². The normalized spacial score (nSPS) is 12.6. The van der Waals surface area contributed by atoms with Gasteiger partial charge in [-0.05, 0) is 41.3 Å². The van der Waals surface area contributed by atoms with Crippen molar-refractivity contribution in [2.45, 2.75) is 36.6 Å². The third-order valence-corrected chi connectivity index (χ3v) is 4.58. The Hall–Kier alpha value is -0.670. The number of nitrogens with two attached hydrogens (primary N) is 1. The molecule has 0 aromatic heterocycles. The molecule has 2 aromatic rings. The van der Waals surface area contributed by atoms with Crippen LogP contribution in [0.1, 0.15) is 32.4 Å². The Balaban J connectivity index is 0.00000220. The second-order valence-electron chi connectivity index (χ2n) is 5.94. The summed E-state index contributed by atoms with van der Waals surface area (Å²) < 4.78 is 0. The monoisotopic (exact) mass is 341 g/mol. The Labute approximate surface area is 142 Å². The molecule has 0 amide bonds. The van der Waals surface area contributed by atoms with E-state index in [1.165, 1.54) is 15.4 Å². The molecule has 114 valence electrons. The fourth-order valence-electron chi connectivity index (χ4n) is 1.93. The number of halogens is 2. The van der Waals surface area contributed by atoms with Crippen molar-refractivity contribution in [3.63, 3.8) is 0 Å². The average Bonchev–Trinajstić information content (AvgIpc) is 2.40. The van der Waals surface area contributed by atoms with E-state index in [0.717, 1.165) is 5.02 Å². The molecule has 0 spiro atoms. The molecule has 0 aliphatic heterocycles. The van der Waals surface area contributed by atoms with E-state index in [4.69, 9.17) is 17.3 Å². The van der Waals surface area contributed by atoms with E-state index >= 15 is 0 Å². The summed E-state index contributed by atoms with van der Waals surface area (Å²) in [5.41, 5.74) is 7.65. The highest BCUT2D eigenvalue weighted by atomic mass is 35.5. The Bertz CT molecular complexity index is 576. The summed E-state index contributed by atoms with van der Waals surface area (Å²) in [5, 5.41) is 0.758. The summed E-state index contributed by atoms with van der Waals surface area (Å²) in [6.07, 6.45) is 0. The highest BCUT2D eigenvalue weighted by Crippen LogP contribution is 2.38. The quantitative estimate of drug-likeness (QED) is 0.745. The predicted molar refractivity (Wildman–Crippen MR) is 95.6 cm³/mol. The van der Waals surface area contributed by atoms with Crippen LogP contribution < -0.4 is 5.73 Å². The molecule has 0 saturated heterocycles. The molecular formula is C17H21Cl2NS. The first-order chi connectivity index (χ1) is 9.38. The smallest absolute Gasteiger partial charge is 0.0406 e. The first-order valence-electron chi connectivity index (χ1n) is 6.66. The fourth-order valence-corrected chi connectivity index (χ4v) is 3.04. The first kappa shape index (κ1) is 18.4. The van der Waals surface area contributed by atoms with E-state index in [9.17, 15) is 0 Å². The van der Waals surface area contributed by atoms with Crippen LogP contribution in [0.2, 0.25) is 5.02 Å². The Morgan fingerprint density at radius 1 is 1.00 bits per heavy atom. The minimum absolute atomic E-state index is 0. The maximum absolute atomic E-state index is 6.42. The van der Waals surface area contributed by atoms with Crippen molar-refractivity contribution in [3.8, 4) is 0 Å². The van der Waals surface area contributed by atoms with Crippen LogP contribution in [0.3, 0.4) is 0 Å². The van der Waals surface area contributed by atoms with Crippen LogP contribution in [-0.4, -0.2) is 0 Å². The summed E-state index contributed by atoms with van der Waals surface area (Å²) in [5.74, 6) is 0. The van der Waals surface area contributed by atoms with Gasteiger partial charge in [0.2, 0.25) is 0 Å². The second kappa shape index (κ2) is 7.55. The molecule has 0 aliphatic rings. The van der Waals surface area contributed by atoms with Gasteiger partial charge in [-0.15, -0.1) is 12.4 Å². The summed E-state index contributed by atoms with van der Waals surface area (Å²) >= 11 is 7.66. The molecule has 0 fully saturated rings. The van der Waals surface area contributed by atoms with Gasteiger partial charge in [0, 0.05) is 20.9 Å². The van der Waals surface area contributed by atoms with Crippen molar-refractivity contribution in [2.24, 2.45) is 11.1 Å². The highest BCUT2D eigenvalue weighted by molar-refractivity contribution is 7.99. The van der Waals surface area contributed by atoms with Gasteiger partial charge in [0.15, 0.2) is 0 Å². The predicted octanol–water partition coefficient (Wildman–Crippen LogP) is 5.96. The van der Waals surface area contributed by atoms with E-state index in [1.807, 2.05) is 30.3 Å². The van der Waals surface area contributed by atoms with Gasteiger partial charge < -0.3 is 5.73 Å². The lowest BCUT2D eigenvalue weighted by Gasteiger charge is -2.29. The van der Waals surface area contributed by atoms with Gasteiger partial charge in [-0.1, -0.05) is 62.3 Å². The average molecular weight is 342 g/mol. The zero-order valence-electron chi connectivity index (χ0n) is 12.5. The minimum Gasteiger partial charge on any atom is -0.323 e. The molecule has 0 radical (unpaired) electrons. The van der Waals surface area contributed by atoms with Crippen molar-refractivity contribution in [2.75, 3.05) is 0 Å². The molecule has 2 aromatic carbocycles. The van der Waals surface area contributed by atoms with E-state index in [2.05, 4.69) is 39.0 Å².